The van der Waals surface area contributed by atoms with E-state index in [2.05, 4.69) is 5.10 Å². The smallest absolute Gasteiger partial charge is 0.406 e. The van der Waals surface area contributed by atoms with E-state index in [9.17, 15) is 22.8 Å². The third-order valence-electron chi connectivity index (χ3n) is 5.55. The summed E-state index contributed by atoms with van der Waals surface area (Å²) in [6.07, 6.45) is -3.48. The van der Waals surface area contributed by atoms with E-state index in [0.29, 0.717) is 33.0 Å². The molecule has 1 N–H and O–H groups in total. The number of carboxylic acids is 1. The maximum Gasteiger partial charge on any atom is 0.406 e. The molecule has 0 fully saturated rings. The Labute approximate surface area is 186 Å². The Bertz CT molecular complexity index is 1170. The Morgan fingerprint density at radius 1 is 1.19 bits per heavy atom. The summed E-state index contributed by atoms with van der Waals surface area (Å²) in [7, 11) is 0. The van der Waals surface area contributed by atoms with Gasteiger partial charge in [0.15, 0.2) is 0 Å². The molecule has 4 rings (SSSR count). The van der Waals surface area contributed by atoms with Crippen molar-refractivity contribution in [2.24, 2.45) is 5.92 Å². The van der Waals surface area contributed by atoms with E-state index in [1.807, 2.05) is 12.1 Å². The molecule has 0 aliphatic carbocycles. The highest BCUT2D eigenvalue weighted by Gasteiger charge is 2.38. The van der Waals surface area contributed by atoms with Crippen molar-refractivity contribution in [3.8, 4) is 0 Å². The molecule has 1 unspecified atom stereocenters. The molecule has 10 heteroatoms. The number of aromatic nitrogens is 2. The molecule has 0 radical (unpaired) electrons. The van der Waals surface area contributed by atoms with Crippen LogP contribution in [0.1, 0.15) is 23.1 Å². The fourth-order valence-electron chi connectivity index (χ4n) is 4.12. The summed E-state index contributed by atoms with van der Waals surface area (Å²) in [5, 5.41) is 14.8. The number of carbonyl (C=O) groups is 2. The molecule has 1 aliphatic rings. The van der Waals surface area contributed by atoms with Crippen LogP contribution in [-0.2, 0) is 29.1 Å². The van der Waals surface area contributed by atoms with Gasteiger partial charge < -0.3 is 10.0 Å². The zero-order valence-electron chi connectivity index (χ0n) is 16.8. The highest BCUT2D eigenvalue weighted by molar-refractivity contribution is 6.30. The molecule has 1 atom stereocenters. The number of amides is 1. The molecule has 0 bridgehead atoms. The molecule has 168 valence electrons. The lowest BCUT2D eigenvalue weighted by Gasteiger charge is -2.25. The molecule has 1 amide bonds. The predicted octanol–water partition coefficient (Wildman–Crippen LogP) is 4.28. The number of carbonyl (C=O) groups excluding carboxylic acids is 1. The number of halogens is 4. The van der Waals surface area contributed by atoms with Crippen LogP contribution in [0.15, 0.2) is 42.6 Å². The number of nitrogens with zero attached hydrogens (tertiary/aromatic N) is 3. The van der Waals surface area contributed by atoms with Crippen LogP contribution in [0.2, 0.25) is 5.02 Å². The Morgan fingerprint density at radius 3 is 2.56 bits per heavy atom. The van der Waals surface area contributed by atoms with Crippen molar-refractivity contribution in [3.63, 3.8) is 0 Å². The average Bonchev–Trinajstić information content (AvgIpc) is 3.06. The molecular formula is C22H19ClF3N3O3. The van der Waals surface area contributed by atoms with Crippen LogP contribution in [-0.4, -0.2) is 44.4 Å². The first kappa shape index (κ1) is 22.1. The van der Waals surface area contributed by atoms with Gasteiger partial charge >= 0.3 is 12.1 Å². The molecule has 0 saturated heterocycles. The number of hydrogen-bond acceptors (Lipinski definition) is 3. The lowest BCUT2D eigenvalue weighted by atomic mass is 9.93. The van der Waals surface area contributed by atoms with E-state index in [0.717, 1.165) is 11.1 Å². The van der Waals surface area contributed by atoms with E-state index < -0.39 is 36.9 Å². The lowest BCUT2D eigenvalue weighted by Crippen LogP contribution is -2.41. The predicted molar refractivity (Wildman–Crippen MR) is 111 cm³/mol. The molecule has 1 aromatic heterocycles. The Hall–Kier alpha value is -3.07. The second-order valence-corrected chi connectivity index (χ2v) is 8.31. The molecule has 0 spiro atoms. The van der Waals surface area contributed by atoms with E-state index >= 15 is 0 Å². The van der Waals surface area contributed by atoms with Gasteiger partial charge in [-0.3, -0.25) is 14.3 Å². The zero-order chi connectivity index (χ0) is 23.0. The first-order valence-electron chi connectivity index (χ1n) is 9.89. The van der Waals surface area contributed by atoms with Crippen LogP contribution >= 0.6 is 11.6 Å². The van der Waals surface area contributed by atoms with E-state index in [1.54, 1.807) is 35.1 Å². The summed E-state index contributed by atoms with van der Waals surface area (Å²) >= 11 is 5.93. The SMILES string of the molecule is O=C(O)CC1Cc2ccc3c(cnn3Cc3ccc(Cl)cc3)c2CN(CC(F)(F)F)C1=O. The van der Waals surface area contributed by atoms with Crippen molar-refractivity contribution in [2.45, 2.75) is 32.1 Å². The Balaban J connectivity index is 1.74. The van der Waals surface area contributed by atoms with E-state index in [1.165, 1.54) is 0 Å². The van der Waals surface area contributed by atoms with Gasteiger partial charge in [-0.05, 0) is 41.3 Å². The first-order valence-corrected chi connectivity index (χ1v) is 10.3. The van der Waals surface area contributed by atoms with Crippen LogP contribution in [0.5, 0.6) is 0 Å². The number of carboxylic acid groups (broad SMARTS) is 1. The maximum atomic E-state index is 13.2. The third-order valence-corrected chi connectivity index (χ3v) is 5.80. The number of aliphatic carboxylic acids is 1. The van der Waals surface area contributed by atoms with Gasteiger partial charge in [0.25, 0.3) is 0 Å². The van der Waals surface area contributed by atoms with Crippen molar-refractivity contribution < 1.29 is 27.9 Å². The largest absolute Gasteiger partial charge is 0.481 e. The highest BCUT2D eigenvalue weighted by Crippen LogP contribution is 2.32. The minimum atomic E-state index is -4.60. The number of fused-ring (bicyclic) bond motifs is 3. The monoisotopic (exact) mass is 465 g/mol. The summed E-state index contributed by atoms with van der Waals surface area (Å²) in [6, 6.07) is 10.8. The van der Waals surface area contributed by atoms with Gasteiger partial charge in [-0.2, -0.15) is 18.3 Å². The van der Waals surface area contributed by atoms with Crippen LogP contribution in [0.3, 0.4) is 0 Å². The van der Waals surface area contributed by atoms with Gasteiger partial charge in [-0.25, -0.2) is 0 Å². The highest BCUT2D eigenvalue weighted by atomic mass is 35.5. The quantitative estimate of drug-likeness (QED) is 0.610. The van der Waals surface area contributed by atoms with Gasteiger partial charge in [0.2, 0.25) is 5.91 Å². The Kier molecular flexibility index (Phi) is 5.85. The molecule has 32 heavy (non-hydrogen) atoms. The molecule has 0 saturated carbocycles. The van der Waals surface area contributed by atoms with Crippen molar-refractivity contribution in [1.82, 2.24) is 14.7 Å². The van der Waals surface area contributed by atoms with E-state index in [-0.39, 0.29) is 13.0 Å². The summed E-state index contributed by atoms with van der Waals surface area (Å²) in [4.78, 5) is 24.7. The minimum absolute atomic E-state index is 0.0626. The number of benzene rings is 2. The lowest BCUT2D eigenvalue weighted by molar-refractivity contribution is -0.165. The fraction of sp³-hybridized carbons (Fsp3) is 0.318. The van der Waals surface area contributed by atoms with Crippen LogP contribution in [0.25, 0.3) is 10.9 Å². The van der Waals surface area contributed by atoms with Crippen LogP contribution in [0.4, 0.5) is 13.2 Å². The third kappa shape index (κ3) is 4.72. The number of hydrogen-bond donors (Lipinski definition) is 1. The standard InChI is InChI=1S/C22H19ClF3N3O3/c23-16-4-1-13(2-5-16)10-29-19-6-3-14-7-15(8-20(30)31)21(32)28(12-22(24,25)26)11-18(14)17(19)9-27-29/h1-6,9,15H,7-8,10-12H2,(H,30,31). The average molecular weight is 466 g/mol. The fourth-order valence-corrected chi connectivity index (χ4v) is 4.25. The minimum Gasteiger partial charge on any atom is -0.481 e. The van der Waals surface area contributed by atoms with Crippen molar-refractivity contribution in [1.29, 1.82) is 0 Å². The van der Waals surface area contributed by atoms with Crippen LogP contribution in [0, 0.1) is 5.92 Å². The molecule has 2 aromatic carbocycles. The summed E-state index contributed by atoms with van der Waals surface area (Å²) in [6.45, 7) is -1.25. The molecule has 2 heterocycles. The van der Waals surface area contributed by atoms with Gasteiger partial charge in [-0.1, -0.05) is 29.8 Å². The maximum absolute atomic E-state index is 13.2. The van der Waals surface area contributed by atoms with Crippen molar-refractivity contribution in [2.75, 3.05) is 6.54 Å². The summed E-state index contributed by atoms with van der Waals surface area (Å²) in [5.74, 6) is -3.09. The molecule has 3 aromatic rings. The van der Waals surface area contributed by atoms with Gasteiger partial charge in [0.1, 0.15) is 6.54 Å². The number of rotatable bonds is 5. The normalized spacial score (nSPS) is 16.8. The van der Waals surface area contributed by atoms with Crippen molar-refractivity contribution in [3.05, 3.63) is 64.3 Å². The van der Waals surface area contributed by atoms with Gasteiger partial charge in [0.05, 0.1) is 30.6 Å². The zero-order valence-corrected chi connectivity index (χ0v) is 17.5. The van der Waals surface area contributed by atoms with Gasteiger partial charge in [-0.15, -0.1) is 0 Å². The molecular weight excluding hydrogens is 447 g/mol. The molecule has 6 nitrogen and oxygen atoms in total. The first-order chi connectivity index (χ1) is 15.1. The van der Waals surface area contributed by atoms with E-state index in [4.69, 9.17) is 16.7 Å². The second-order valence-electron chi connectivity index (χ2n) is 7.87. The topological polar surface area (TPSA) is 75.4 Å². The second kappa shape index (κ2) is 8.46. The summed E-state index contributed by atoms with van der Waals surface area (Å²) < 4.78 is 41.2. The number of alkyl halides is 3. The molecule has 1 aliphatic heterocycles. The van der Waals surface area contributed by atoms with Gasteiger partial charge in [0, 0.05) is 17.0 Å². The Morgan fingerprint density at radius 2 is 1.91 bits per heavy atom. The van der Waals surface area contributed by atoms with Crippen molar-refractivity contribution >= 4 is 34.4 Å². The van der Waals surface area contributed by atoms with Crippen LogP contribution < -0.4 is 0 Å². The summed E-state index contributed by atoms with van der Waals surface area (Å²) in [5.41, 5.74) is 2.89.